The van der Waals surface area contributed by atoms with Crippen LogP contribution in [-0.4, -0.2) is 20.5 Å². The zero-order valence-electron chi connectivity index (χ0n) is 12.7. The van der Waals surface area contributed by atoms with Crippen LogP contribution < -0.4 is 15.4 Å². The highest BCUT2D eigenvalue weighted by atomic mass is 32.2. The van der Waals surface area contributed by atoms with Crippen molar-refractivity contribution in [3.63, 3.8) is 0 Å². The van der Waals surface area contributed by atoms with Crippen LogP contribution in [0.25, 0.3) is 0 Å². The lowest BCUT2D eigenvalue weighted by atomic mass is 10.1. The van der Waals surface area contributed by atoms with E-state index in [4.69, 9.17) is 0 Å². The fourth-order valence-electron chi connectivity index (χ4n) is 2.40. The van der Waals surface area contributed by atoms with Gasteiger partial charge in [0, 0.05) is 23.4 Å². The first-order valence-corrected chi connectivity index (χ1v) is 8.54. The summed E-state index contributed by atoms with van der Waals surface area (Å²) in [5.41, 5.74) is -0.0286. The summed E-state index contributed by atoms with van der Waals surface area (Å²) < 4.78 is 65.9. The van der Waals surface area contributed by atoms with Crippen LogP contribution >= 0.6 is 0 Å². The van der Waals surface area contributed by atoms with Gasteiger partial charge in [-0.2, -0.15) is 4.72 Å². The number of amides is 1. The summed E-state index contributed by atoms with van der Waals surface area (Å²) in [6.45, 7) is 1.61. The van der Waals surface area contributed by atoms with Gasteiger partial charge < -0.3 is 10.6 Å². The molecule has 1 aliphatic rings. The highest BCUT2D eigenvalue weighted by Crippen LogP contribution is 2.27. The zero-order chi connectivity index (χ0) is 18.4. The van der Waals surface area contributed by atoms with Crippen molar-refractivity contribution in [3.05, 3.63) is 53.3 Å². The van der Waals surface area contributed by atoms with E-state index in [2.05, 4.69) is 15.4 Å². The number of sulfonamides is 1. The van der Waals surface area contributed by atoms with Gasteiger partial charge in [0.05, 0.1) is 11.9 Å². The van der Waals surface area contributed by atoms with Gasteiger partial charge in [-0.3, -0.25) is 4.79 Å². The summed E-state index contributed by atoms with van der Waals surface area (Å²) in [4.78, 5) is 12.1. The highest BCUT2D eigenvalue weighted by Gasteiger charge is 2.27. The van der Waals surface area contributed by atoms with E-state index in [1.807, 2.05) is 0 Å². The molecule has 1 heterocycles. The van der Waals surface area contributed by atoms with Crippen molar-refractivity contribution in [2.45, 2.75) is 18.0 Å². The third-order valence-corrected chi connectivity index (χ3v) is 5.06. The van der Waals surface area contributed by atoms with Crippen LogP contribution in [0, 0.1) is 17.5 Å². The van der Waals surface area contributed by atoms with Crippen LogP contribution in [0.1, 0.15) is 17.3 Å². The average Bonchev–Trinajstić information content (AvgIpc) is 2.51. The van der Waals surface area contributed by atoms with Gasteiger partial charge in [0.1, 0.15) is 4.90 Å². The Balaban J connectivity index is 1.92. The molecular formula is C15H12F3N3O3S. The Morgan fingerprint density at radius 1 is 1.12 bits per heavy atom. The molecule has 0 aliphatic carbocycles. The van der Waals surface area contributed by atoms with Crippen molar-refractivity contribution in [1.29, 1.82) is 0 Å². The minimum atomic E-state index is -3.80. The van der Waals surface area contributed by atoms with Crippen molar-refractivity contribution in [2.24, 2.45) is 0 Å². The molecule has 1 amide bonds. The maximum Gasteiger partial charge on any atom is 0.255 e. The second kappa shape index (κ2) is 6.05. The molecule has 132 valence electrons. The largest absolute Gasteiger partial charge is 0.368 e. The quantitative estimate of drug-likeness (QED) is 0.708. The smallest absolute Gasteiger partial charge is 0.255 e. The molecule has 1 atom stereocenters. The first-order chi connectivity index (χ1) is 11.7. The molecule has 6 nitrogen and oxygen atoms in total. The van der Waals surface area contributed by atoms with E-state index >= 15 is 0 Å². The first-order valence-electron chi connectivity index (χ1n) is 7.06. The number of anilines is 2. The maximum absolute atomic E-state index is 13.2. The lowest BCUT2D eigenvalue weighted by Gasteiger charge is -2.25. The molecule has 0 aromatic heterocycles. The molecule has 2 aromatic rings. The molecule has 1 aliphatic heterocycles. The Morgan fingerprint density at radius 2 is 1.76 bits per heavy atom. The zero-order valence-corrected chi connectivity index (χ0v) is 13.5. The fourth-order valence-corrected chi connectivity index (χ4v) is 3.74. The van der Waals surface area contributed by atoms with Crippen LogP contribution in [0.5, 0.6) is 0 Å². The number of fused-ring (bicyclic) bond motifs is 1. The summed E-state index contributed by atoms with van der Waals surface area (Å²) in [6, 6.07) is 5.13. The van der Waals surface area contributed by atoms with Crippen LogP contribution in [0.4, 0.5) is 24.5 Å². The Labute approximate surface area is 141 Å². The minimum Gasteiger partial charge on any atom is -0.368 e. The van der Waals surface area contributed by atoms with Gasteiger partial charge in [-0.25, -0.2) is 21.6 Å². The van der Waals surface area contributed by atoms with Gasteiger partial charge in [0.25, 0.3) is 5.91 Å². The molecule has 0 saturated heterocycles. The van der Waals surface area contributed by atoms with Crippen LogP contribution in [0.3, 0.4) is 0 Å². The SMILES string of the molecule is CC1Nc2ccc(C(=O)Nc3cc(F)c(F)c(F)c3)cc2S(=O)(=O)N1. The Kier molecular flexibility index (Phi) is 4.17. The van der Waals surface area contributed by atoms with E-state index < -0.39 is 39.5 Å². The molecule has 2 aromatic carbocycles. The summed E-state index contributed by atoms with van der Waals surface area (Å²) >= 11 is 0. The van der Waals surface area contributed by atoms with E-state index in [0.29, 0.717) is 17.8 Å². The van der Waals surface area contributed by atoms with E-state index in [1.54, 1.807) is 6.92 Å². The van der Waals surface area contributed by atoms with Gasteiger partial charge in [-0.1, -0.05) is 0 Å². The van der Waals surface area contributed by atoms with Crippen LogP contribution in [0.2, 0.25) is 0 Å². The molecule has 0 saturated carbocycles. The van der Waals surface area contributed by atoms with Gasteiger partial charge >= 0.3 is 0 Å². The van der Waals surface area contributed by atoms with Gasteiger partial charge in [0.2, 0.25) is 10.0 Å². The van der Waals surface area contributed by atoms with Crippen LogP contribution in [0.15, 0.2) is 35.2 Å². The highest BCUT2D eigenvalue weighted by molar-refractivity contribution is 7.89. The predicted molar refractivity (Wildman–Crippen MR) is 84.1 cm³/mol. The van der Waals surface area contributed by atoms with Crippen molar-refractivity contribution < 1.29 is 26.4 Å². The molecule has 10 heteroatoms. The molecule has 1 unspecified atom stereocenters. The lowest BCUT2D eigenvalue weighted by molar-refractivity contribution is 0.102. The van der Waals surface area contributed by atoms with Gasteiger partial charge in [-0.05, 0) is 25.1 Å². The third-order valence-electron chi connectivity index (χ3n) is 3.48. The molecule has 25 heavy (non-hydrogen) atoms. The average molecular weight is 371 g/mol. The fraction of sp³-hybridized carbons (Fsp3) is 0.133. The van der Waals surface area contributed by atoms with E-state index in [9.17, 15) is 26.4 Å². The van der Waals surface area contributed by atoms with Crippen molar-refractivity contribution >= 4 is 27.3 Å². The second-order valence-electron chi connectivity index (χ2n) is 5.41. The summed E-state index contributed by atoms with van der Waals surface area (Å²) in [5.74, 6) is -5.36. The summed E-state index contributed by atoms with van der Waals surface area (Å²) in [6.07, 6.45) is -0.512. The lowest BCUT2D eigenvalue weighted by Crippen LogP contribution is -2.42. The monoisotopic (exact) mass is 371 g/mol. The molecule has 0 bridgehead atoms. The normalized spacial score (nSPS) is 18.2. The number of hydrogen-bond donors (Lipinski definition) is 3. The number of rotatable bonds is 2. The van der Waals surface area contributed by atoms with E-state index in [-0.39, 0.29) is 16.1 Å². The second-order valence-corrected chi connectivity index (χ2v) is 7.09. The third kappa shape index (κ3) is 3.30. The number of halogens is 3. The number of benzene rings is 2. The number of hydrogen-bond acceptors (Lipinski definition) is 4. The minimum absolute atomic E-state index is 0.0504. The number of nitrogens with one attached hydrogen (secondary N) is 3. The molecule has 3 rings (SSSR count). The topological polar surface area (TPSA) is 87.3 Å². The maximum atomic E-state index is 13.2. The van der Waals surface area contributed by atoms with Crippen molar-refractivity contribution in [1.82, 2.24) is 4.72 Å². The summed E-state index contributed by atoms with van der Waals surface area (Å²) in [7, 11) is -3.80. The Bertz CT molecular complexity index is 956. The number of carbonyl (C=O) groups is 1. The molecule has 0 spiro atoms. The van der Waals surface area contributed by atoms with E-state index in [0.717, 1.165) is 6.07 Å². The first kappa shape index (κ1) is 17.2. The van der Waals surface area contributed by atoms with Gasteiger partial charge in [0.15, 0.2) is 17.5 Å². The van der Waals surface area contributed by atoms with E-state index in [1.165, 1.54) is 12.1 Å². The molecule has 0 radical (unpaired) electrons. The van der Waals surface area contributed by atoms with Gasteiger partial charge in [-0.15, -0.1) is 0 Å². The summed E-state index contributed by atoms with van der Waals surface area (Å²) in [5, 5.41) is 5.08. The Hall–Kier alpha value is -2.59. The van der Waals surface area contributed by atoms with Crippen molar-refractivity contribution in [3.8, 4) is 0 Å². The molecule has 3 N–H and O–H groups in total. The standard InChI is InChI=1S/C15H12F3N3O3S/c1-7-19-12-3-2-8(4-13(12)25(23,24)21-7)15(22)20-9-5-10(16)14(18)11(17)6-9/h2-7,19,21H,1H3,(H,20,22). The van der Waals surface area contributed by atoms with Crippen LogP contribution in [-0.2, 0) is 10.0 Å². The van der Waals surface area contributed by atoms with Crippen molar-refractivity contribution in [2.75, 3.05) is 10.6 Å². The predicted octanol–water partition coefficient (Wildman–Crippen LogP) is 2.41. The Morgan fingerprint density at radius 3 is 2.40 bits per heavy atom. The molecule has 0 fully saturated rings. The molecular weight excluding hydrogens is 359 g/mol. The number of carbonyl (C=O) groups excluding carboxylic acids is 1.